The zero-order valence-electron chi connectivity index (χ0n) is 15.3. The molecule has 1 aromatic heterocycles. The van der Waals surface area contributed by atoms with Crippen LogP contribution in [-0.4, -0.2) is 38.3 Å². The van der Waals surface area contributed by atoms with Gasteiger partial charge < -0.3 is 10.1 Å². The summed E-state index contributed by atoms with van der Waals surface area (Å²) in [6, 6.07) is 10.5. The first kappa shape index (κ1) is 19.9. The van der Waals surface area contributed by atoms with Crippen LogP contribution in [0.1, 0.15) is 31.2 Å². The SMILES string of the molecule is COc1ccc(CNC(=O)C[C@H]2CCCCN2S(=O)(=O)c2cccs2)cc1. The summed E-state index contributed by atoms with van der Waals surface area (Å²) >= 11 is 1.21. The van der Waals surface area contributed by atoms with Gasteiger partial charge in [0.2, 0.25) is 5.91 Å². The molecule has 146 valence electrons. The van der Waals surface area contributed by atoms with Gasteiger partial charge >= 0.3 is 0 Å². The number of hydrogen-bond acceptors (Lipinski definition) is 5. The predicted octanol–water partition coefficient (Wildman–Crippen LogP) is 3.01. The molecule has 1 N–H and O–H groups in total. The third-order valence-corrected chi connectivity index (χ3v) is 8.03. The van der Waals surface area contributed by atoms with Crippen LogP contribution in [0.25, 0.3) is 0 Å². The Morgan fingerprint density at radius 3 is 2.70 bits per heavy atom. The number of nitrogens with one attached hydrogen (secondary N) is 1. The van der Waals surface area contributed by atoms with Gasteiger partial charge in [-0.15, -0.1) is 11.3 Å². The van der Waals surface area contributed by atoms with Crippen LogP contribution in [0.5, 0.6) is 5.75 Å². The maximum atomic E-state index is 12.9. The second-order valence-corrected chi connectivity index (χ2v) is 9.59. The average Bonchev–Trinajstić information content (AvgIpc) is 3.23. The van der Waals surface area contributed by atoms with E-state index in [4.69, 9.17) is 4.74 Å². The molecule has 0 bridgehead atoms. The molecule has 1 amide bonds. The van der Waals surface area contributed by atoms with Gasteiger partial charge in [-0.05, 0) is 42.0 Å². The van der Waals surface area contributed by atoms with Gasteiger partial charge in [0, 0.05) is 25.6 Å². The number of rotatable bonds is 7. The molecule has 2 aromatic rings. The van der Waals surface area contributed by atoms with Crippen molar-refractivity contribution < 1.29 is 17.9 Å². The Kier molecular flexibility index (Phi) is 6.51. The van der Waals surface area contributed by atoms with Crippen molar-refractivity contribution in [2.45, 2.75) is 42.5 Å². The molecule has 0 radical (unpaired) electrons. The summed E-state index contributed by atoms with van der Waals surface area (Å²) < 4.78 is 32.7. The monoisotopic (exact) mass is 408 g/mol. The van der Waals surface area contributed by atoms with Gasteiger partial charge in [0.15, 0.2) is 0 Å². The van der Waals surface area contributed by atoms with E-state index in [0.717, 1.165) is 24.2 Å². The Labute approximate surface area is 164 Å². The summed E-state index contributed by atoms with van der Waals surface area (Å²) in [6.45, 7) is 0.879. The first-order valence-electron chi connectivity index (χ1n) is 8.95. The van der Waals surface area contributed by atoms with Crippen molar-refractivity contribution in [1.29, 1.82) is 0 Å². The second-order valence-electron chi connectivity index (χ2n) is 6.53. The molecule has 3 rings (SSSR count). The van der Waals surface area contributed by atoms with Crippen LogP contribution in [0.3, 0.4) is 0 Å². The summed E-state index contributed by atoms with van der Waals surface area (Å²) in [7, 11) is -1.92. The maximum Gasteiger partial charge on any atom is 0.252 e. The van der Waals surface area contributed by atoms with E-state index in [2.05, 4.69) is 5.32 Å². The van der Waals surface area contributed by atoms with Gasteiger partial charge in [0.05, 0.1) is 7.11 Å². The lowest BCUT2D eigenvalue weighted by Crippen LogP contribution is -2.45. The highest BCUT2D eigenvalue weighted by atomic mass is 32.2. The quantitative estimate of drug-likeness (QED) is 0.764. The number of methoxy groups -OCH3 is 1. The van der Waals surface area contributed by atoms with Gasteiger partial charge in [-0.25, -0.2) is 8.42 Å². The molecule has 1 fully saturated rings. The van der Waals surface area contributed by atoms with Crippen molar-refractivity contribution in [2.75, 3.05) is 13.7 Å². The fourth-order valence-electron chi connectivity index (χ4n) is 3.25. The Morgan fingerprint density at radius 2 is 2.04 bits per heavy atom. The molecule has 0 saturated carbocycles. The zero-order valence-corrected chi connectivity index (χ0v) is 16.9. The topological polar surface area (TPSA) is 75.7 Å². The van der Waals surface area contributed by atoms with Gasteiger partial charge in [-0.2, -0.15) is 4.31 Å². The number of carbonyl (C=O) groups excluding carboxylic acids is 1. The lowest BCUT2D eigenvalue weighted by Gasteiger charge is -2.34. The van der Waals surface area contributed by atoms with Gasteiger partial charge in [0.25, 0.3) is 10.0 Å². The summed E-state index contributed by atoms with van der Waals surface area (Å²) in [4.78, 5) is 12.4. The highest BCUT2D eigenvalue weighted by Crippen LogP contribution is 2.29. The molecule has 6 nitrogen and oxygen atoms in total. The van der Waals surface area contributed by atoms with Crippen LogP contribution in [0.2, 0.25) is 0 Å². The summed E-state index contributed by atoms with van der Waals surface area (Å²) in [6.07, 6.45) is 2.66. The number of piperidine rings is 1. The lowest BCUT2D eigenvalue weighted by molar-refractivity contribution is -0.122. The number of benzene rings is 1. The fraction of sp³-hybridized carbons (Fsp3) is 0.421. The maximum absolute atomic E-state index is 12.9. The molecule has 0 unspecified atom stereocenters. The second kappa shape index (κ2) is 8.86. The van der Waals surface area contributed by atoms with Crippen molar-refractivity contribution in [3.05, 3.63) is 47.3 Å². The minimum atomic E-state index is -3.53. The van der Waals surface area contributed by atoms with Crippen molar-refractivity contribution in [3.8, 4) is 5.75 Å². The van der Waals surface area contributed by atoms with Crippen LogP contribution < -0.4 is 10.1 Å². The largest absolute Gasteiger partial charge is 0.497 e. The highest BCUT2D eigenvalue weighted by molar-refractivity contribution is 7.91. The first-order valence-corrected chi connectivity index (χ1v) is 11.3. The van der Waals surface area contributed by atoms with E-state index in [-0.39, 0.29) is 18.4 Å². The third-order valence-electron chi connectivity index (χ3n) is 4.70. The number of hydrogen-bond donors (Lipinski definition) is 1. The van der Waals surface area contributed by atoms with Crippen LogP contribution in [-0.2, 0) is 21.4 Å². The van der Waals surface area contributed by atoms with E-state index in [1.54, 1.807) is 24.6 Å². The van der Waals surface area contributed by atoms with E-state index in [1.807, 2.05) is 24.3 Å². The lowest BCUT2D eigenvalue weighted by atomic mass is 10.0. The number of sulfonamides is 1. The molecule has 8 heteroatoms. The molecule has 1 atom stereocenters. The molecule has 0 spiro atoms. The summed E-state index contributed by atoms with van der Waals surface area (Å²) in [5.41, 5.74) is 0.968. The van der Waals surface area contributed by atoms with E-state index in [9.17, 15) is 13.2 Å². The number of nitrogens with zero attached hydrogens (tertiary/aromatic N) is 1. The molecule has 1 aliphatic rings. The van der Waals surface area contributed by atoms with E-state index < -0.39 is 10.0 Å². The minimum absolute atomic E-state index is 0.135. The molecular formula is C19H24N2O4S2. The summed E-state index contributed by atoms with van der Waals surface area (Å²) in [5, 5.41) is 4.65. The molecule has 1 aliphatic heterocycles. The van der Waals surface area contributed by atoms with Crippen molar-refractivity contribution >= 4 is 27.3 Å². The Morgan fingerprint density at radius 1 is 1.26 bits per heavy atom. The van der Waals surface area contributed by atoms with Crippen LogP contribution in [0.4, 0.5) is 0 Å². The van der Waals surface area contributed by atoms with E-state index in [1.165, 1.54) is 15.6 Å². The van der Waals surface area contributed by atoms with Crippen molar-refractivity contribution in [1.82, 2.24) is 9.62 Å². The molecular weight excluding hydrogens is 384 g/mol. The van der Waals surface area contributed by atoms with Gasteiger partial charge in [-0.3, -0.25) is 4.79 Å². The standard InChI is InChI=1S/C19H24N2O4S2/c1-25-17-9-7-15(8-10-17)14-20-18(22)13-16-5-2-3-11-21(16)27(23,24)19-6-4-12-26-19/h4,6-10,12,16H,2-3,5,11,13-14H2,1H3,(H,20,22)/t16-/m1/s1. The number of carbonyl (C=O) groups is 1. The molecule has 1 saturated heterocycles. The van der Waals surface area contributed by atoms with Crippen molar-refractivity contribution in [2.24, 2.45) is 0 Å². The van der Waals surface area contributed by atoms with Gasteiger partial charge in [0.1, 0.15) is 9.96 Å². The Bertz CT molecular complexity index is 848. The fourth-order valence-corrected chi connectivity index (χ4v) is 6.06. The van der Waals surface area contributed by atoms with Crippen LogP contribution >= 0.6 is 11.3 Å². The molecule has 0 aliphatic carbocycles. The zero-order chi connectivity index (χ0) is 19.3. The number of ether oxygens (including phenoxy) is 1. The van der Waals surface area contributed by atoms with Gasteiger partial charge in [-0.1, -0.05) is 24.6 Å². The normalized spacial score (nSPS) is 18.2. The van der Waals surface area contributed by atoms with E-state index >= 15 is 0 Å². The van der Waals surface area contributed by atoms with E-state index in [0.29, 0.717) is 23.7 Å². The smallest absolute Gasteiger partial charge is 0.252 e. The molecule has 1 aromatic carbocycles. The third kappa shape index (κ3) is 4.88. The van der Waals surface area contributed by atoms with Crippen LogP contribution in [0.15, 0.2) is 46.0 Å². The number of amides is 1. The number of thiophene rings is 1. The molecule has 2 heterocycles. The van der Waals surface area contributed by atoms with Crippen LogP contribution in [0, 0.1) is 0 Å². The minimum Gasteiger partial charge on any atom is -0.497 e. The average molecular weight is 409 g/mol. The predicted molar refractivity (Wildman–Crippen MR) is 105 cm³/mol. The Balaban J connectivity index is 1.61. The Hall–Kier alpha value is -1.90. The highest BCUT2D eigenvalue weighted by Gasteiger charge is 2.35. The molecule has 27 heavy (non-hydrogen) atoms. The summed E-state index contributed by atoms with van der Waals surface area (Å²) in [5.74, 6) is 0.630. The van der Waals surface area contributed by atoms with Crippen molar-refractivity contribution in [3.63, 3.8) is 0 Å². The first-order chi connectivity index (χ1) is 13.0.